The van der Waals surface area contributed by atoms with E-state index in [9.17, 15) is 9.59 Å². The average molecular weight is 291 g/mol. The van der Waals surface area contributed by atoms with Crippen molar-refractivity contribution in [2.24, 2.45) is 0 Å². The largest absolute Gasteiger partial charge is 0.481 e. The number of morpholine rings is 1. The zero-order valence-corrected chi connectivity index (χ0v) is 12.7. The third kappa shape index (κ3) is 3.82. The van der Waals surface area contributed by atoms with Crippen LogP contribution in [0, 0.1) is 6.92 Å². The number of rotatable bonds is 4. The molecule has 1 saturated heterocycles. The Morgan fingerprint density at radius 1 is 1.29 bits per heavy atom. The Labute approximate surface area is 124 Å². The fraction of sp³-hybridized carbons (Fsp3) is 0.500. The first kappa shape index (κ1) is 15.5. The minimum atomic E-state index is -0.551. The highest BCUT2D eigenvalue weighted by Crippen LogP contribution is 2.21. The number of ether oxygens (including phenoxy) is 2. The van der Waals surface area contributed by atoms with E-state index in [1.54, 1.807) is 30.0 Å². The van der Waals surface area contributed by atoms with Crippen LogP contribution in [0.5, 0.6) is 5.75 Å². The number of ketones is 1. The molecule has 0 spiro atoms. The Balaban J connectivity index is 2.03. The second-order valence-electron chi connectivity index (χ2n) is 5.23. The first-order valence-corrected chi connectivity index (χ1v) is 7.14. The zero-order chi connectivity index (χ0) is 15.4. The number of benzene rings is 1. The third-order valence-corrected chi connectivity index (χ3v) is 3.56. The first-order valence-electron chi connectivity index (χ1n) is 7.14. The molecular formula is C16H21NO4. The van der Waals surface area contributed by atoms with Crippen molar-refractivity contribution >= 4 is 11.7 Å². The van der Waals surface area contributed by atoms with Crippen molar-refractivity contribution in [1.29, 1.82) is 0 Å². The maximum Gasteiger partial charge on any atom is 0.263 e. The van der Waals surface area contributed by atoms with Crippen LogP contribution in [0.15, 0.2) is 18.2 Å². The van der Waals surface area contributed by atoms with Gasteiger partial charge in [-0.25, -0.2) is 0 Å². The third-order valence-electron chi connectivity index (χ3n) is 3.56. The predicted molar refractivity (Wildman–Crippen MR) is 78.7 cm³/mol. The van der Waals surface area contributed by atoms with Crippen molar-refractivity contribution in [3.05, 3.63) is 29.3 Å². The van der Waals surface area contributed by atoms with Gasteiger partial charge in [-0.05, 0) is 44.5 Å². The van der Waals surface area contributed by atoms with Crippen LogP contribution in [-0.4, -0.2) is 49.0 Å². The standard InChI is InChI=1S/C16H21NO4/c1-11-10-14(12(2)18)4-5-15(11)21-13(3)16(19)17-6-8-20-9-7-17/h4-5,10,13H,6-9H2,1-3H3. The van der Waals surface area contributed by atoms with Crippen molar-refractivity contribution in [2.75, 3.05) is 26.3 Å². The molecule has 1 unspecified atom stereocenters. The molecule has 0 saturated carbocycles. The summed E-state index contributed by atoms with van der Waals surface area (Å²) in [6.45, 7) is 7.50. The number of Topliss-reactive ketones (excluding diaryl/α,β-unsaturated/α-hetero) is 1. The predicted octanol–water partition coefficient (Wildman–Crippen LogP) is 1.82. The fourth-order valence-corrected chi connectivity index (χ4v) is 2.28. The van der Waals surface area contributed by atoms with E-state index in [0.29, 0.717) is 37.6 Å². The van der Waals surface area contributed by atoms with Crippen LogP contribution in [0.3, 0.4) is 0 Å². The Morgan fingerprint density at radius 3 is 2.52 bits per heavy atom. The molecule has 2 rings (SSSR count). The molecule has 1 amide bonds. The number of hydrogen-bond acceptors (Lipinski definition) is 4. The molecule has 1 atom stereocenters. The molecule has 114 valence electrons. The van der Waals surface area contributed by atoms with Crippen LogP contribution in [0.4, 0.5) is 0 Å². The van der Waals surface area contributed by atoms with Crippen molar-refractivity contribution in [1.82, 2.24) is 4.90 Å². The number of nitrogens with zero attached hydrogens (tertiary/aromatic N) is 1. The average Bonchev–Trinajstić information content (AvgIpc) is 2.49. The normalized spacial score (nSPS) is 16.4. The smallest absolute Gasteiger partial charge is 0.263 e. The molecule has 0 N–H and O–H groups in total. The van der Waals surface area contributed by atoms with E-state index in [1.165, 1.54) is 6.92 Å². The van der Waals surface area contributed by atoms with Gasteiger partial charge in [-0.1, -0.05) is 0 Å². The minimum absolute atomic E-state index is 0.0158. The lowest BCUT2D eigenvalue weighted by Crippen LogP contribution is -2.46. The van der Waals surface area contributed by atoms with E-state index in [1.807, 2.05) is 6.92 Å². The van der Waals surface area contributed by atoms with E-state index in [2.05, 4.69) is 0 Å². The van der Waals surface area contributed by atoms with Gasteiger partial charge >= 0.3 is 0 Å². The van der Waals surface area contributed by atoms with E-state index < -0.39 is 6.10 Å². The summed E-state index contributed by atoms with van der Waals surface area (Å²) in [5.41, 5.74) is 1.50. The summed E-state index contributed by atoms with van der Waals surface area (Å²) >= 11 is 0. The Kier molecular flexibility index (Phi) is 4.96. The zero-order valence-electron chi connectivity index (χ0n) is 12.7. The van der Waals surface area contributed by atoms with Gasteiger partial charge in [0.05, 0.1) is 13.2 Å². The summed E-state index contributed by atoms with van der Waals surface area (Å²) in [4.78, 5) is 25.4. The van der Waals surface area contributed by atoms with Crippen molar-refractivity contribution in [2.45, 2.75) is 26.9 Å². The van der Waals surface area contributed by atoms with Crippen molar-refractivity contribution < 1.29 is 19.1 Å². The first-order chi connectivity index (χ1) is 9.99. The molecule has 1 aliphatic heterocycles. The molecule has 1 fully saturated rings. The molecule has 21 heavy (non-hydrogen) atoms. The summed E-state index contributed by atoms with van der Waals surface area (Å²) < 4.78 is 11.0. The highest BCUT2D eigenvalue weighted by molar-refractivity contribution is 5.94. The fourth-order valence-electron chi connectivity index (χ4n) is 2.28. The van der Waals surface area contributed by atoms with Gasteiger partial charge in [-0.3, -0.25) is 9.59 Å². The maximum absolute atomic E-state index is 12.3. The van der Waals surface area contributed by atoms with E-state index in [4.69, 9.17) is 9.47 Å². The highest BCUT2D eigenvalue weighted by Gasteiger charge is 2.24. The molecule has 0 aromatic heterocycles. The number of carbonyl (C=O) groups is 2. The second-order valence-corrected chi connectivity index (χ2v) is 5.23. The lowest BCUT2D eigenvalue weighted by atomic mass is 10.1. The SMILES string of the molecule is CC(=O)c1ccc(OC(C)C(=O)N2CCOCC2)c(C)c1. The second kappa shape index (κ2) is 6.72. The molecular weight excluding hydrogens is 270 g/mol. The highest BCUT2D eigenvalue weighted by atomic mass is 16.5. The monoisotopic (exact) mass is 291 g/mol. The molecule has 5 nitrogen and oxygen atoms in total. The number of amides is 1. The van der Waals surface area contributed by atoms with Gasteiger partial charge in [0.25, 0.3) is 5.91 Å². The Morgan fingerprint density at radius 2 is 1.95 bits per heavy atom. The lowest BCUT2D eigenvalue weighted by Gasteiger charge is -2.29. The summed E-state index contributed by atoms with van der Waals surface area (Å²) in [7, 11) is 0. The summed E-state index contributed by atoms with van der Waals surface area (Å²) in [5, 5.41) is 0. The molecule has 1 aliphatic rings. The molecule has 0 bridgehead atoms. The quantitative estimate of drug-likeness (QED) is 0.794. The number of carbonyl (C=O) groups excluding carboxylic acids is 2. The van der Waals surface area contributed by atoms with Crippen molar-refractivity contribution in [3.8, 4) is 5.75 Å². The molecule has 0 radical (unpaired) electrons. The Bertz CT molecular complexity index is 535. The van der Waals surface area contributed by atoms with E-state index in [0.717, 1.165) is 5.56 Å². The van der Waals surface area contributed by atoms with Crippen molar-refractivity contribution in [3.63, 3.8) is 0 Å². The van der Waals surface area contributed by atoms with Crippen LogP contribution in [0.2, 0.25) is 0 Å². The number of hydrogen-bond donors (Lipinski definition) is 0. The number of aryl methyl sites for hydroxylation is 1. The molecule has 1 heterocycles. The summed E-state index contributed by atoms with van der Waals surface area (Å²) in [6.07, 6.45) is -0.551. The molecule has 5 heteroatoms. The summed E-state index contributed by atoms with van der Waals surface area (Å²) in [6, 6.07) is 5.25. The van der Waals surface area contributed by atoms with Gasteiger partial charge in [0.2, 0.25) is 0 Å². The van der Waals surface area contributed by atoms with Crippen LogP contribution in [0.25, 0.3) is 0 Å². The lowest BCUT2D eigenvalue weighted by molar-refractivity contribution is -0.142. The Hall–Kier alpha value is -1.88. The summed E-state index contributed by atoms with van der Waals surface area (Å²) in [5.74, 6) is 0.615. The van der Waals surface area contributed by atoms with Gasteiger partial charge in [0, 0.05) is 18.7 Å². The molecule has 0 aliphatic carbocycles. The van der Waals surface area contributed by atoms with Gasteiger partial charge in [-0.15, -0.1) is 0 Å². The van der Waals surface area contributed by atoms with Gasteiger partial charge < -0.3 is 14.4 Å². The topological polar surface area (TPSA) is 55.8 Å². The molecule has 1 aromatic carbocycles. The van der Waals surface area contributed by atoms with Crippen LogP contribution in [0.1, 0.15) is 29.8 Å². The van der Waals surface area contributed by atoms with Crippen LogP contribution < -0.4 is 4.74 Å². The van der Waals surface area contributed by atoms with Gasteiger partial charge in [0.1, 0.15) is 5.75 Å². The molecule has 1 aromatic rings. The minimum Gasteiger partial charge on any atom is -0.481 e. The van der Waals surface area contributed by atoms with Crippen LogP contribution in [-0.2, 0) is 9.53 Å². The van der Waals surface area contributed by atoms with E-state index in [-0.39, 0.29) is 11.7 Å². The van der Waals surface area contributed by atoms with Gasteiger partial charge in [-0.2, -0.15) is 0 Å². The van der Waals surface area contributed by atoms with Crippen LogP contribution >= 0.6 is 0 Å². The maximum atomic E-state index is 12.3. The van der Waals surface area contributed by atoms with E-state index >= 15 is 0 Å². The van der Waals surface area contributed by atoms with Gasteiger partial charge in [0.15, 0.2) is 11.9 Å².